The van der Waals surface area contributed by atoms with Crippen molar-refractivity contribution in [1.29, 1.82) is 0 Å². The number of nitrogens with two attached hydrogens (primary N) is 1. The van der Waals surface area contributed by atoms with Crippen molar-refractivity contribution < 1.29 is 18.5 Å². The Morgan fingerprint density at radius 1 is 1.11 bits per heavy atom. The predicted octanol–water partition coefficient (Wildman–Crippen LogP) is 4.55. The molecule has 1 aliphatic heterocycles. The lowest BCUT2D eigenvalue weighted by Crippen LogP contribution is -2.65. The maximum absolute atomic E-state index is 13.2. The van der Waals surface area contributed by atoms with E-state index in [0.717, 1.165) is 28.5 Å². The largest absolute Gasteiger partial charge is 0.482 e. The molecule has 4 fully saturated rings. The number of furan rings is 1. The molecular formula is C28H33BN2O4. The van der Waals surface area contributed by atoms with Crippen LogP contribution < -0.4 is 11.1 Å². The van der Waals surface area contributed by atoms with Gasteiger partial charge in [0.05, 0.1) is 30.3 Å². The van der Waals surface area contributed by atoms with E-state index in [1.807, 2.05) is 48.5 Å². The minimum Gasteiger partial charge on any atom is -0.464 e. The number of anilines is 1. The highest BCUT2D eigenvalue weighted by Gasteiger charge is 2.68. The molecule has 1 amide bonds. The van der Waals surface area contributed by atoms with Gasteiger partial charge in [-0.15, -0.1) is 0 Å². The summed E-state index contributed by atoms with van der Waals surface area (Å²) < 4.78 is 19.1. The molecule has 7 rings (SSSR count). The second kappa shape index (κ2) is 8.14. The van der Waals surface area contributed by atoms with Gasteiger partial charge in [-0.05, 0) is 66.7 Å². The van der Waals surface area contributed by atoms with Gasteiger partial charge in [0, 0.05) is 11.1 Å². The van der Waals surface area contributed by atoms with Crippen molar-refractivity contribution in [3.8, 4) is 0 Å². The summed E-state index contributed by atoms with van der Waals surface area (Å²) in [6.07, 6.45) is 4.79. The van der Waals surface area contributed by atoms with Crippen LogP contribution in [0, 0.1) is 17.3 Å². The molecule has 0 spiro atoms. The van der Waals surface area contributed by atoms with Crippen LogP contribution in [0.3, 0.4) is 0 Å². The summed E-state index contributed by atoms with van der Waals surface area (Å²) in [5, 5.41) is 4.27. The Balaban J connectivity index is 1.27. The number of hydrogen-bond acceptors (Lipinski definition) is 5. The minimum atomic E-state index is -0.522. The Morgan fingerprint density at radius 2 is 1.89 bits per heavy atom. The van der Waals surface area contributed by atoms with Crippen molar-refractivity contribution in [3.63, 3.8) is 0 Å². The van der Waals surface area contributed by atoms with Crippen LogP contribution in [-0.4, -0.2) is 30.7 Å². The molecule has 2 aromatic carbocycles. The summed E-state index contributed by atoms with van der Waals surface area (Å²) in [5.74, 6) is 0.674. The lowest BCUT2D eigenvalue weighted by Gasteiger charge is -2.64. The number of fused-ring (bicyclic) bond motifs is 1. The third kappa shape index (κ3) is 3.67. The summed E-state index contributed by atoms with van der Waals surface area (Å²) in [7, 11) is -0.522. The molecule has 1 aromatic heterocycles. The average Bonchev–Trinajstić information content (AvgIpc) is 3.40. The minimum absolute atomic E-state index is 0.0505. The number of rotatable bonds is 6. The van der Waals surface area contributed by atoms with Crippen LogP contribution in [0.4, 0.5) is 5.69 Å². The molecule has 2 bridgehead atoms. The summed E-state index contributed by atoms with van der Waals surface area (Å²) >= 11 is 0. The van der Waals surface area contributed by atoms with E-state index in [1.165, 1.54) is 6.42 Å². The second-order valence-electron chi connectivity index (χ2n) is 11.3. The molecule has 5 atom stereocenters. The van der Waals surface area contributed by atoms with Gasteiger partial charge in [-0.3, -0.25) is 4.79 Å². The number of nitrogens with one attached hydrogen (secondary N) is 1. The van der Waals surface area contributed by atoms with Crippen LogP contribution in [0.15, 0.2) is 59.2 Å². The molecule has 2 heterocycles. The maximum Gasteiger partial charge on any atom is 0.482 e. The normalized spacial score (nSPS) is 29.5. The highest BCUT2D eigenvalue weighted by molar-refractivity contribution is 6.48. The van der Waals surface area contributed by atoms with E-state index in [9.17, 15) is 4.79 Å². The third-order valence-corrected chi connectivity index (χ3v) is 9.05. The lowest BCUT2D eigenvalue weighted by molar-refractivity contribution is -0.199. The van der Waals surface area contributed by atoms with Crippen molar-refractivity contribution in [2.75, 3.05) is 5.73 Å². The molecular weight excluding hydrogens is 439 g/mol. The number of carbonyl (C=O) groups is 1. The Kier molecular flexibility index (Phi) is 5.27. The zero-order valence-corrected chi connectivity index (χ0v) is 20.6. The predicted molar refractivity (Wildman–Crippen MR) is 137 cm³/mol. The third-order valence-electron chi connectivity index (χ3n) is 9.05. The molecule has 3 saturated carbocycles. The van der Waals surface area contributed by atoms with Crippen molar-refractivity contribution >= 4 is 29.7 Å². The van der Waals surface area contributed by atoms with Gasteiger partial charge in [-0.1, -0.05) is 50.2 Å². The topological polar surface area (TPSA) is 86.7 Å². The molecule has 0 radical (unpaired) electrons. The molecule has 4 unspecified atom stereocenters. The van der Waals surface area contributed by atoms with Gasteiger partial charge in [-0.25, -0.2) is 0 Å². The number of nitrogen functional groups attached to an aromatic ring is 1. The van der Waals surface area contributed by atoms with Crippen molar-refractivity contribution in [2.45, 2.75) is 64.1 Å². The van der Waals surface area contributed by atoms with Crippen LogP contribution >= 0.6 is 0 Å². The molecule has 35 heavy (non-hydrogen) atoms. The molecule has 7 heteroatoms. The quantitative estimate of drug-likeness (QED) is 0.406. The molecule has 3 aromatic rings. The lowest BCUT2D eigenvalue weighted by atomic mass is 9.43. The Morgan fingerprint density at radius 3 is 2.69 bits per heavy atom. The van der Waals surface area contributed by atoms with Gasteiger partial charge in [0.25, 0.3) is 0 Å². The highest BCUT2D eigenvalue weighted by atomic mass is 16.7. The van der Waals surface area contributed by atoms with E-state index in [-0.39, 0.29) is 35.4 Å². The fourth-order valence-electron chi connectivity index (χ4n) is 6.84. The van der Waals surface area contributed by atoms with E-state index < -0.39 is 7.12 Å². The first-order chi connectivity index (χ1) is 16.8. The van der Waals surface area contributed by atoms with Gasteiger partial charge in [0.15, 0.2) is 0 Å². The molecule has 6 nitrogen and oxygen atoms in total. The monoisotopic (exact) mass is 472 g/mol. The molecule has 182 valence electrons. The Bertz CT molecular complexity index is 1270. The van der Waals surface area contributed by atoms with E-state index in [2.05, 4.69) is 26.1 Å². The van der Waals surface area contributed by atoms with E-state index in [1.54, 1.807) is 6.26 Å². The average molecular weight is 472 g/mol. The van der Waals surface area contributed by atoms with Gasteiger partial charge >= 0.3 is 7.12 Å². The number of hydrogen-bond donors (Lipinski definition) is 2. The second-order valence-corrected chi connectivity index (χ2v) is 11.3. The van der Waals surface area contributed by atoms with E-state index in [0.29, 0.717) is 23.9 Å². The molecule has 1 saturated heterocycles. The van der Waals surface area contributed by atoms with Gasteiger partial charge in [0.1, 0.15) is 5.58 Å². The van der Waals surface area contributed by atoms with Crippen LogP contribution in [0.5, 0.6) is 0 Å². The molecule has 3 aliphatic carbocycles. The number of para-hydroxylation sites is 2. The van der Waals surface area contributed by atoms with Gasteiger partial charge in [-0.2, -0.15) is 0 Å². The standard InChI is InChI=1S/C28H33BN2O4/c1-27(2)19-14-23(27)28(3)24(15-19)34-29(35-28)25(12-18-16-33-22-11-7-5-9-20(18)22)31-26(32)13-17-8-4-6-10-21(17)30/h4-11,16,19,23-25H,12-15,30H2,1-3H3,(H,31,32)/t19?,23?,24?,25?,28-/m0/s1. The first kappa shape index (κ1) is 22.7. The van der Waals surface area contributed by atoms with Gasteiger partial charge in [0.2, 0.25) is 5.91 Å². The van der Waals surface area contributed by atoms with Crippen LogP contribution in [0.1, 0.15) is 44.7 Å². The first-order valence-corrected chi connectivity index (χ1v) is 12.7. The first-order valence-electron chi connectivity index (χ1n) is 12.7. The molecule has 3 N–H and O–H groups in total. The summed E-state index contributed by atoms with van der Waals surface area (Å²) in [4.78, 5) is 13.2. The van der Waals surface area contributed by atoms with E-state index in [4.69, 9.17) is 19.5 Å². The number of amides is 1. The summed E-state index contributed by atoms with van der Waals surface area (Å²) in [5.41, 5.74) is 9.31. The van der Waals surface area contributed by atoms with Gasteiger partial charge < -0.3 is 24.8 Å². The number of carbonyl (C=O) groups excluding carboxylic acids is 1. The Labute approximate surface area is 206 Å². The van der Waals surface area contributed by atoms with Crippen molar-refractivity contribution in [3.05, 3.63) is 65.9 Å². The number of benzene rings is 2. The summed E-state index contributed by atoms with van der Waals surface area (Å²) in [6, 6.07) is 15.4. The fourth-order valence-corrected chi connectivity index (χ4v) is 6.84. The zero-order chi connectivity index (χ0) is 24.4. The zero-order valence-electron chi connectivity index (χ0n) is 20.6. The SMILES string of the molecule is CC1(C)C2CC3OB(C(Cc4coc5ccccc45)NC(=O)Cc4ccccc4N)O[C@@]3(C)C1C2. The highest BCUT2D eigenvalue weighted by Crippen LogP contribution is 2.65. The van der Waals surface area contributed by atoms with Crippen molar-refractivity contribution in [2.24, 2.45) is 17.3 Å². The summed E-state index contributed by atoms with van der Waals surface area (Å²) in [6.45, 7) is 6.91. The van der Waals surface area contributed by atoms with Crippen LogP contribution in [0.2, 0.25) is 0 Å². The smallest absolute Gasteiger partial charge is 0.464 e. The van der Waals surface area contributed by atoms with Crippen molar-refractivity contribution in [1.82, 2.24) is 5.32 Å². The van der Waals surface area contributed by atoms with Crippen LogP contribution in [-0.2, 0) is 26.9 Å². The maximum atomic E-state index is 13.2. The fraction of sp³-hybridized carbons (Fsp3) is 0.464. The van der Waals surface area contributed by atoms with E-state index >= 15 is 0 Å². The molecule has 4 aliphatic rings. The Hall–Kier alpha value is -2.77. The van der Waals surface area contributed by atoms with Crippen LogP contribution in [0.25, 0.3) is 11.0 Å².